The summed E-state index contributed by atoms with van der Waals surface area (Å²) < 4.78 is 28.2. The van der Waals surface area contributed by atoms with Gasteiger partial charge in [-0.15, -0.1) is 0 Å². The molecule has 0 spiro atoms. The Morgan fingerprint density at radius 1 is 1.10 bits per heavy atom. The molecule has 0 bridgehead atoms. The number of hydrogen-bond acceptors (Lipinski definition) is 3. The smallest absolute Gasteiger partial charge is 0.227 e. The van der Waals surface area contributed by atoms with Gasteiger partial charge in [0, 0.05) is 55.5 Å². The number of aliphatic hydroxyl groups is 1. The molecule has 5 atom stereocenters. The molecule has 31 heavy (non-hydrogen) atoms. The minimum atomic E-state index is -0.813. The first-order valence-electron chi connectivity index (χ1n) is 11.5. The van der Waals surface area contributed by atoms with Crippen molar-refractivity contribution in [1.82, 2.24) is 9.80 Å². The average molecular weight is 437 g/mol. The van der Waals surface area contributed by atoms with Crippen molar-refractivity contribution in [1.29, 1.82) is 0 Å². The Bertz CT molecular complexity index is 808. The molecule has 2 aliphatic rings. The Hall–Kier alpha value is -1.53. The van der Waals surface area contributed by atoms with Gasteiger partial charge in [-0.05, 0) is 38.3 Å². The zero-order valence-electron chi connectivity index (χ0n) is 20.0. The van der Waals surface area contributed by atoms with E-state index in [2.05, 4.69) is 25.7 Å². The largest absolute Gasteiger partial charge is 0.389 e. The minimum absolute atomic E-state index is 0.00461. The predicted octanol–water partition coefficient (Wildman–Crippen LogP) is 4.28. The number of benzene rings is 1. The summed E-state index contributed by atoms with van der Waals surface area (Å²) in [5.41, 5.74) is -0.570. The fourth-order valence-electron chi connectivity index (χ4n) is 5.79. The van der Waals surface area contributed by atoms with E-state index in [9.17, 15) is 18.7 Å². The van der Waals surface area contributed by atoms with Gasteiger partial charge in [0.25, 0.3) is 0 Å². The summed E-state index contributed by atoms with van der Waals surface area (Å²) in [7, 11) is 0. The van der Waals surface area contributed by atoms with Gasteiger partial charge in [-0.3, -0.25) is 9.69 Å². The first kappa shape index (κ1) is 24.1. The molecule has 0 radical (unpaired) electrons. The van der Waals surface area contributed by atoms with Crippen LogP contribution in [0.1, 0.15) is 59.9 Å². The maximum atomic E-state index is 14.7. The summed E-state index contributed by atoms with van der Waals surface area (Å²) in [5.74, 6) is -1.94. The van der Waals surface area contributed by atoms with Crippen LogP contribution in [0.25, 0.3) is 0 Å². The van der Waals surface area contributed by atoms with Crippen LogP contribution in [-0.2, 0) is 4.79 Å². The molecule has 1 aromatic carbocycles. The van der Waals surface area contributed by atoms with Gasteiger partial charge in [-0.2, -0.15) is 0 Å². The first-order chi connectivity index (χ1) is 14.3. The Labute approximate surface area is 185 Å². The molecule has 2 fully saturated rings. The number of rotatable bonds is 3. The Kier molecular flexibility index (Phi) is 6.56. The van der Waals surface area contributed by atoms with E-state index >= 15 is 0 Å². The molecule has 1 N–H and O–H groups in total. The molecule has 1 aromatic rings. The van der Waals surface area contributed by atoms with Gasteiger partial charge in [0.2, 0.25) is 5.91 Å². The molecule has 0 aliphatic carbocycles. The van der Waals surface area contributed by atoms with Gasteiger partial charge in [0.05, 0.1) is 11.5 Å². The van der Waals surface area contributed by atoms with Crippen LogP contribution in [0.5, 0.6) is 0 Å². The van der Waals surface area contributed by atoms with Crippen LogP contribution in [0.2, 0.25) is 0 Å². The van der Waals surface area contributed by atoms with Gasteiger partial charge >= 0.3 is 0 Å². The molecular formula is C25H38F2N2O2. The molecule has 1 amide bonds. The third-order valence-corrected chi connectivity index (χ3v) is 7.75. The zero-order chi connectivity index (χ0) is 23.3. The van der Waals surface area contributed by atoms with Crippen molar-refractivity contribution in [2.45, 2.75) is 65.5 Å². The van der Waals surface area contributed by atoms with Gasteiger partial charge in [0.1, 0.15) is 11.6 Å². The first-order valence-corrected chi connectivity index (χ1v) is 11.5. The second-order valence-corrected chi connectivity index (χ2v) is 11.0. The topological polar surface area (TPSA) is 43.8 Å². The lowest BCUT2D eigenvalue weighted by Crippen LogP contribution is -2.61. The molecule has 2 aliphatic heterocycles. The summed E-state index contributed by atoms with van der Waals surface area (Å²) in [6.07, 6.45) is 0. The standard InChI is InChI=1S/C25H38F2N2O2/c1-15(2)25(31)16(3)11-28(12-17(25)4)23(30)21-14-29(24(5,6)7)13-20(21)19-9-8-18(26)10-22(19)27/h8-10,15-17,20-21,31H,11-14H2,1-7H3/t16-,17+,20-,21+,25?/m0/s1. The van der Waals surface area contributed by atoms with Crippen LogP contribution in [-0.4, -0.2) is 58.1 Å². The van der Waals surface area contributed by atoms with E-state index in [0.29, 0.717) is 31.7 Å². The summed E-state index contributed by atoms with van der Waals surface area (Å²) in [5, 5.41) is 11.3. The van der Waals surface area contributed by atoms with Crippen LogP contribution in [0.15, 0.2) is 18.2 Å². The van der Waals surface area contributed by atoms with Crippen molar-refractivity contribution in [3.63, 3.8) is 0 Å². The number of hydrogen-bond donors (Lipinski definition) is 1. The highest BCUT2D eigenvalue weighted by atomic mass is 19.1. The van der Waals surface area contributed by atoms with E-state index in [-0.39, 0.29) is 35.1 Å². The molecular weight excluding hydrogens is 398 g/mol. The van der Waals surface area contributed by atoms with Gasteiger partial charge in [-0.1, -0.05) is 33.8 Å². The lowest BCUT2D eigenvalue weighted by molar-refractivity contribution is -0.159. The number of carbonyl (C=O) groups is 1. The quantitative estimate of drug-likeness (QED) is 0.769. The highest BCUT2D eigenvalue weighted by molar-refractivity contribution is 5.81. The van der Waals surface area contributed by atoms with Crippen molar-refractivity contribution in [3.05, 3.63) is 35.4 Å². The van der Waals surface area contributed by atoms with Gasteiger partial charge in [0.15, 0.2) is 0 Å². The molecule has 2 heterocycles. The van der Waals surface area contributed by atoms with E-state index in [0.717, 1.165) is 6.07 Å². The normalized spacial score (nSPS) is 32.7. The lowest BCUT2D eigenvalue weighted by atomic mass is 9.68. The van der Waals surface area contributed by atoms with Crippen molar-refractivity contribution < 1.29 is 18.7 Å². The van der Waals surface area contributed by atoms with E-state index in [4.69, 9.17) is 0 Å². The maximum absolute atomic E-state index is 14.7. The van der Waals surface area contributed by atoms with Crippen LogP contribution in [0.4, 0.5) is 8.78 Å². The summed E-state index contributed by atoms with van der Waals surface area (Å²) >= 11 is 0. The fraction of sp³-hybridized carbons (Fsp3) is 0.720. The van der Waals surface area contributed by atoms with Crippen LogP contribution >= 0.6 is 0 Å². The summed E-state index contributed by atoms with van der Waals surface area (Å²) in [4.78, 5) is 17.8. The molecule has 4 nitrogen and oxygen atoms in total. The van der Waals surface area contributed by atoms with Gasteiger partial charge < -0.3 is 10.0 Å². The Morgan fingerprint density at radius 3 is 2.16 bits per heavy atom. The number of halogens is 2. The summed E-state index contributed by atoms with van der Waals surface area (Å²) in [6.45, 7) is 16.4. The highest BCUT2D eigenvalue weighted by Gasteiger charge is 2.50. The Balaban J connectivity index is 1.90. The minimum Gasteiger partial charge on any atom is -0.389 e. The second kappa shape index (κ2) is 8.43. The average Bonchev–Trinajstić information content (AvgIpc) is 3.10. The van der Waals surface area contributed by atoms with E-state index in [1.54, 1.807) is 0 Å². The molecule has 0 aromatic heterocycles. The number of carbonyl (C=O) groups excluding carboxylic acids is 1. The number of amides is 1. The van der Waals surface area contributed by atoms with Crippen LogP contribution < -0.4 is 0 Å². The van der Waals surface area contributed by atoms with Crippen molar-refractivity contribution in [2.24, 2.45) is 23.7 Å². The third kappa shape index (κ3) is 4.38. The SMILES string of the molecule is CC(C)C1(O)[C@H](C)CN(C(=O)[C@@H]2CN(C(C)(C)C)C[C@H]2c2ccc(F)cc2F)C[C@@H]1C. The molecule has 2 saturated heterocycles. The molecule has 174 valence electrons. The number of nitrogens with zero attached hydrogens (tertiary/aromatic N) is 2. The van der Waals surface area contributed by atoms with Crippen LogP contribution in [0, 0.1) is 35.3 Å². The van der Waals surface area contributed by atoms with Crippen molar-refractivity contribution >= 4 is 5.91 Å². The van der Waals surface area contributed by atoms with Crippen molar-refractivity contribution in [2.75, 3.05) is 26.2 Å². The fourth-order valence-corrected chi connectivity index (χ4v) is 5.79. The second-order valence-electron chi connectivity index (χ2n) is 11.0. The monoisotopic (exact) mass is 436 g/mol. The highest BCUT2D eigenvalue weighted by Crippen LogP contribution is 2.42. The molecule has 1 unspecified atom stereocenters. The van der Waals surface area contributed by atoms with Gasteiger partial charge in [-0.25, -0.2) is 8.78 Å². The van der Waals surface area contributed by atoms with E-state index in [1.165, 1.54) is 12.1 Å². The van der Waals surface area contributed by atoms with Crippen LogP contribution in [0.3, 0.4) is 0 Å². The molecule has 0 saturated carbocycles. The lowest BCUT2D eigenvalue weighted by Gasteiger charge is -2.50. The van der Waals surface area contributed by atoms with E-state index in [1.807, 2.05) is 32.6 Å². The molecule has 6 heteroatoms. The summed E-state index contributed by atoms with van der Waals surface area (Å²) in [6, 6.07) is 3.67. The zero-order valence-corrected chi connectivity index (χ0v) is 20.0. The predicted molar refractivity (Wildman–Crippen MR) is 119 cm³/mol. The van der Waals surface area contributed by atoms with Crippen molar-refractivity contribution in [3.8, 4) is 0 Å². The maximum Gasteiger partial charge on any atom is 0.227 e. The number of likely N-dealkylation sites (tertiary alicyclic amines) is 2. The molecule has 3 rings (SSSR count). The third-order valence-electron chi connectivity index (χ3n) is 7.75. The Morgan fingerprint density at radius 2 is 1.68 bits per heavy atom. The van der Waals surface area contributed by atoms with E-state index < -0.39 is 23.2 Å². The number of piperidine rings is 1.